The summed E-state index contributed by atoms with van der Waals surface area (Å²) in [5.74, 6) is -1.65. The third kappa shape index (κ3) is 3.54. The van der Waals surface area contributed by atoms with E-state index in [4.69, 9.17) is 9.84 Å². The van der Waals surface area contributed by atoms with Crippen LogP contribution in [0.5, 0.6) is 5.75 Å². The molecule has 0 saturated carbocycles. The molecule has 0 aliphatic carbocycles. The Labute approximate surface area is 110 Å². The zero-order valence-corrected chi connectivity index (χ0v) is 10.5. The van der Waals surface area contributed by atoms with Gasteiger partial charge in [0.1, 0.15) is 6.61 Å². The molecule has 0 spiro atoms. The van der Waals surface area contributed by atoms with Crippen LogP contribution in [0.1, 0.15) is 24.8 Å². The van der Waals surface area contributed by atoms with Gasteiger partial charge in [0, 0.05) is 6.07 Å². The molecule has 0 saturated heterocycles. The summed E-state index contributed by atoms with van der Waals surface area (Å²) in [5, 5.41) is 20.0. The maximum atomic E-state index is 11.1. The number of carboxylic acid groups (broad SMARTS) is 1. The highest BCUT2D eigenvalue weighted by Crippen LogP contribution is 2.32. The van der Waals surface area contributed by atoms with Gasteiger partial charge < -0.3 is 9.84 Å². The largest absolute Gasteiger partial charge is 0.483 e. The third-order valence-electron chi connectivity index (χ3n) is 2.65. The maximum Gasteiger partial charge on any atom is 0.311 e. The lowest BCUT2D eigenvalue weighted by atomic mass is 9.96. The third-order valence-corrected chi connectivity index (χ3v) is 2.65. The van der Waals surface area contributed by atoms with E-state index in [-0.39, 0.29) is 18.0 Å². The molecule has 0 amide bonds. The minimum absolute atomic E-state index is 0.105. The topological polar surface area (TPSA) is 89.7 Å². The molecule has 0 aromatic heterocycles. The first-order valence-electron chi connectivity index (χ1n) is 5.76. The quantitative estimate of drug-likeness (QED) is 0.465. The minimum Gasteiger partial charge on any atom is -0.483 e. The Kier molecular flexibility index (Phi) is 5.05. The summed E-state index contributed by atoms with van der Waals surface area (Å²) in [6.07, 6.45) is 1.84. The summed E-state index contributed by atoms with van der Waals surface area (Å²) in [6.45, 7) is 5.32. The molecule has 1 aromatic rings. The number of nitro groups is 1. The highest BCUT2D eigenvalue weighted by molar-refractivity contribution is 5.76. The average Bonchev–Trinajstić information content (AvgIpc) is 2.37. The SMILES string of the molecule is C=CCOc1ccc(C(CC)C(=O)O)cc1[N+](=O)[O-]. The van der Waals surface area contributed by atoms with Gasteiger partial charge in [0.15, 0.2) is 5.75 Å². The monoisotopic (exact) mass is 265 g/mol. The lowest BCUT2D eigenvalue weighted by molar-refractivity contribution is -0.385. The lowest BCUT2D eigenvalue weighted by Gasteiger charge is -2.11. The molecule has 0 fully saturated rings. The zero-order chi connectivity index (χ0) is 14.4. The van der Waals surface area contributed by atoms with Crippen molar-refractivity contribution in [2.24, 2.45) is 0 Å². The van der Waals surface area contributed by atoms with Crippen LogP contribution in [0.3, 0.4) is 0 Å². The van der Waals surface area contributed by atoms with Crippen LogP contribution in [0.15, 0.2) is 30.9 Å². The highest BCUT2D eigenvalue weighted by Gasteiger charge is 2.23. The Bertz CT molecular complexity index is 498. The van der Waals surface area contributed by atoms with Gasteiger partial charge in [0.05, 0.1) is 10.8 Å². The van der Waals surface area contributed by atoms with Crippen molar-refractivity contribution in [3.63, 3.8) is 0 Å². The summed E-state index contributed by atoms with van der Waals surface area (Å²) in [5.41, 5.74) is 0.159. The van der Waals surface area contributed by atoms with Gasteiger partial charge in [-0.3, -0.25) is 14.9 Å². The maximum absolute atomic E-state index is 11.1. The molecule has 1 atom stereocenters. The Morgan fingerprint density at radius 2 is 2.32 bits per heavy atom. The molecule has 0 aliphatic heterocycles. The van der Waals surface area contributed by atoms with Gasteiger partial charge in [-0.05, 0) is 18.1 Å². The molecule has 6 nitrogen and oxygen atoms in total. The molecular formula is C13H15NO5. The van der Waals surface area contributed by atoms with Crippen LogP contribution < -0.4 is 4.74 Å². The van der Waals surface area contributed by atoms with E-state index in [2.05, 4.69) is 6.58 Å². The number of carboxylic acids is 1. The number of carbonyl (C=O) groups is 1. The first-order valence-corrected chi connectivity index (χ1v) is 5.76. The molecular weight excluding hydrogens is 250 g/mol. The van der Waals surface area contributed by atoms with Crippen molar-refractivity contribution in [2.45, 2.75) is 19.3 Å². The van der Waals surface area contributed by atoms with Crippen LogP contribution in [0.2, 0.25) is 0 Å². The van der Waals surface area contributed by atoms with Gasteiger partial charge in [-0.2, -0.15) is 0 Å². The predicted molar refractivity (Wildman–Crippen MR) is 69.5 cm³/mol. The number of nitrogens with zero attached hydrogens (tertiary/aromatic N) is 1. The minimum atomic E-state index is -1.00. The van der Waals surface area contributed by atoms with Crippen molar-refractivity contribution in [3.05, 3.63) is 46.5 Å². The fraction of sp³-hybridized carbons (Fsp3) is 0.308. The van der Waals surface area contributed by atoms with E-state index in [9.17, 15) is 14.9 Å². The van der Waals surface area contributed by atoms with Crippen LogP contribution in [0, 0.1) is 10.1 Å². The highest BCUT2D eigenvalue weighted by atomic mass is 16.6. The standard InChI is InChI=1S/C13H15NO5/c1-3-7-19-12-6-5-9(8-11(12)14(17)18)10(4-2)13(15)16/h3,5-6,8,10H,1,4,7H2,2H3,(H,15,16). The number of ether oxygens (including phenoxy) is 1. The summed E-state index contributed by atoms with van der Waals surface area (Å²) < 4.78 is 5.17. The second kappa shape index (κ2) is 6.53. The van der Waals surface area contributed by atoms with Crippen molar-refractivity contribution >= 4 is 11.7 Å². The number of rotatable bonds is 7. The molecule has 0 radical (unpaired) electrons. The van der Waals surface area contributed by atoms with Crippen molar-refractivity contribution in [1.29, 1.82) is 0 Å². The Morgan fingerprint density at radius 1 is 1.63 bits per heavy atom. The van der Waals surface area contributed by atoms with Crippen molar-refractivity contribution in [1.82, 2.24) is 0 Å². The molecule has 6 heteroatoms. The van der Waals surface area contributed by atoms with Crippen LogP contribution in [0.4, 0.5) is 5.69 Å². The molecule has 1 unspecified atom stereocenters. The number of nitro benzene ring substituents is 1. The molecule has 1 rings (SSSR count). The second-order valence-electron chi connectivity index (χ2n) is 3.88. The van der Waals surface area contributed by atoms with E-state index in [1.807, 2.05) is 0 Å². The molecule has 0 aliphatic rings. The van der Waals surface area contributed by atoms with Crippen LogP contribution in [0.25, 0.3) is 0 Å². The first kappa shape index (κ1) is 14.7. The summed E-state index contributed by atoms with van der Waals surface area (Å²) >= 11 is 0. The van der Waals surface area contributed by atoms with Gasteiger partial charge in [-0.15, -0.1) is 0 Å². The smallest absolute Gasteiger partial charge is 0.311 e. The number of hydrogen-bond donors (Lipinski definition) is 1. The molecule has 1 aromatic carbocycles. The van der Waals surface area contributed by atoms with E-state index in [0.29, 0.717) is 12.0 Å². The number of aliphatic carboxylic acids is 1. The fourth-order valence-electron chi connectivity index (χ4n) is 1.72. The van der Waals surface area contributed by atoms with Crippen molar-refractivity contribution in [3.8, 4) is 5.75 Å². The van der Waals surface area contributed by atoms with Gasteiger partial charge >= 0.3 is 11.7 Å². The van der Waals surface area contributed by atoms with Gasteiger partial charge in [-0.25, -0.2) is 0 Å². The van der Waals surface area contributed by atoms with Gasteiger partial charge in [0.2, 0.25) is 0 Å². The fourth-order valence-corrected chi connectivity index (χ4v) is 1.72. The first-order chi connectivity index (χ1) is 9.01. The van der Waals surface area contributed by atoms with E-state index in [1.165, 1.54) is 24.3 Å². The van der Waals surface area contributed by atoms with E-state index < -0.39 is 16.8 Å². The Hall–Kier alpha value is -2.37. The predicted octanol–water partition coefficient (Wildman–Crippen LogP) is 2.74. The Balaban J connectivity index is 3.18. The van der Waals surface area contributed by atoms with E-state index in [1.54, 1.807) is 6.92 Å². The number of hydrogen-bond acceptors (Lipinski definition) is 4. The molecule has 19 heavy (non-hydrogen) atoms. The molecule has 0 heterocycles. The van der Waals surface area contributed by atoms with Crippen LogP contribution >= 0.6 is 0 Å². The van der Waals surface area contributed by atoms with E-state index >= 15 is 0 Å². The van der Waals surface area contributed by atoms with Crippen molar-refractivity contribution in [2.75, 3.05) is 6.61 Å². The molecule has 102 valence electrons. The normalized spacial score (nSPS) is 11.6. The zero-order valence-electron chi connectivity index (χ0n) is 10.5. The van der Waals surface area contributed by atoms with Gasteiger partial charge in [0.25, 0.3) is 0 Å². The lowest BCUT2D eigenvalue weighted by Crippen LogP contribution is -2.11. The van der Waals surface area contributed by atoms with Gasteiger partial charge in [-0.1, -0.05) is 25.6 Å². The number of benzene rings is 1. The summed E-state index contributed by atoms with van der Waals surface area (Å²) in [4.78, 5) is 21.4. The van der Waals surface area contributed by atoms with E-state index in [0.717, 1.165) is 0 Å². The molecule has 1 N–H and O–H groups in total. The average molecular weight is 265 g/mol. The second-order valence-corrected chi connectivity index (χ2v) is 3.88. The Morgan fingerprint density at radius 3 is 2.79 bits per heavy atom. The van der Waals surface area contributed by atoms with Crippen LogP contribution in [-0.2, 0) is 4.79 Å². The summed E-state index contributed by atoms with van der Waals surface area (Å²) in [6, 6.07) is 4.21. The molecule has 0 bridgehead atoms. The summed E-state index contributed by atoms with van der Waals surface area (Å²) in [7, 11) is 0. The van der Waals surface area contributed by atoms with Crippen LogP contribution in [-0.4, -0.2) is 22.6 Å². The van der Waals surface area contributed by atoms with Crippen molar-refractivity contribution < 1.29 is 19.6 Å².